The molecule has 2 N–H and O–H groups in total. The average Bonchev–Trinajstić information content (AvgIpc) is 2.19. The molecule has 0 heterocycles. The number of benzene rings is 1. The van der Waals surface area contributed by atoms with E-state index in [1.54, 1.807) is 0 Å². The Hall–Kier alpha value is -0.390. The summed E-state index contributed by atoms with van der Waals surface area (Å²) in [6.07, 6.45) is 0. The van der Waals surface area contributed by atoms with Crippen molar-refractivity contribution in [3.05, 3.63) is 29.3 Å². The molecule has 0 aromatic heterocycles. The van der Waals surface area contributed by atoms with Crippen LogP contribution < -0.4 is 4.52 Å². The summed E-state index contributed by atoms with van der Waals surface area (Å²) in [5, 5.41) is 0.401. The normalized spacial score (nSPS) is 17.8. The lowest BCUT2D eigenvalue weighted by Gasteiger charge is -2.15. The molecule has 1 aromatic rings. The summed E-state index contributed by atoms with van der Waals surface area (Å²) in [6.45, 7) is 1.27. The van der Waals surface area contributed by atoms with Gasteiger partial charge in [0.25, 0.3) is 0 Å². The molecule has 0 aliphatic carbocycles. The highest BCUT2D eigenvalue weighted by molar-refractivity contribution is 7.61. The maximum Gasteiger partial charge on any atom is 0.536 e. The molecule has 0 saturated carbocycles. The zero-order chi connectivity index (χ0) is 13.8. The van der Waals surface area contributed by atoms with E-state index in [0.717, 1.165) is 0 Å². The molecule has 0 spiro atoms. The minimum absolute atomic E-state index is 0.0401. The van der Waals surface area contributed by atoms with Crippen LogP contribution in [0.25, 0.3) is 0 Å². The summed E-state index contributed by atoms with van der Waals surface area (Å²) in [5.41, 5.74) is 0. The monoisotopic (exact) mass is 316 g/mol. The van der Waals surface area contributed by atoms with Crippen LogP contribution in [0.5, 0.6) is 5.75 Å². The van der Waals surface area contributed by atoms with Gasteiger partial charge in [0, 0.05) is 5.02 Å². The van der Waals surface area contributed by atoms with Gasteiger partial charge in [0.15, 0.2) is 0 Å². The largest absolute Gasteiger partial charge is 0.536 e. The molecule has 102 valence electrons. The Labute approximate surface area is 108 Å². The number of phosphoric acid groups is 2. The topological polar surface area (TPSA) is 102 Å². The van der Waals surface area contributed by atoms with Crippen molar-refractivity contribution in [2.45, 2.75) is 6.92 Å². The number of rotatable bonds is 6. The molecule has 2 atom stereocenters. The van der Waals surface area contributed by atoms with Crippen LogP contribution in [-0.2, 0) is 18.0 Å². The SMILES string of the molecule is CCOP(=O)(O)OP(=O)(O)Oc1ccc(Cl)cc1. The first-order valence-electron chi connectivity index (χ1n) is 4.71. The fourth-order valence-corrected chi connectivity index (χ4v) is 3.17. The first-order valence-corrected chi connectivity index (χ1v) is 8.07. The predicted octanol–water partition coefficient (Wildman–Crippen LogP) is 2.97. The Morgan fingerprint density at radius 3 is 2.22 bits per heavy atom. The number of hydrogen-bond donors (Lipinski definition) is 2. The number of phosphoric ester groups is 2. The van der Waals surface area contributed by atoms with Gasteiger partial charge >= 0.3 is 15.6 Å². The van der Waals surface area contributed by atoms with Crippen molar-refractivity contribution in [2.75, 3.05) is 6.61 Å². The Balaban J connectivity index is 2.73. The molecule has 2 unspecified atom stereocenters. The minimum Gasteiger partial charge on any atom is -0.404 e. The summed E-state index contributed by atoms with van der Waals surface area (Å²) in [4.78, 5) is 18.3. The molecule has 0 fully saturated rings. The van der Waals surface area contributed by atoms with Crippen molar-refractivity contribution in [1.82, 2.24) is 0 Å². The molecule has 0 aliphatic rings. The van der Waals surface area contributed by atoms with E-state index in [1.807, 2.05) is 0 Å². The molecule has 1 aromatic carbocycles. The van der Waals surface area contributed by atoms with Crippen molar-refractivity contribution in [2.24, 2.45) is 0 Å². The van der Waals surface area contributed by atoms with Gasteiger partial charge in [-0.15, -0.1) is 0 Å². The van der Waals surface area contributed by atoms with E-state index in [2.05, 4.69) is 13.4 Å². The van der Waals surface area contributed by atoms with Gasteiger partial charge in [-0.25, -0.2) is 9.13 Å². The third kappa shape index (κ3) is 5.50. The molecule has 0 aliphatic heterocycles. The highest BCUT2D eigenvalue weighted by Crippen LogP contribution is 2.59. The number of halogens is 1. The van der Waals surface area contributed by atoms with Crippen molar-refractivity contribution >= 4 is 27.2 Å². The van der Waals surface area contributed by atoms with Crippen molar-refractivity contribution < 1.29 is 32.3 Å². The lowest BCUT2D eigenvalue weighted by atomic mass is 10.3. The summed E-state index contributed by atoms with van der Waals surface area (Å²) in [7, 11) is -9.39. The Morgan fingerprint density at radius 2 is 1.72 bits per heavy atom. The summed E-state index contributed by atoms with van der Waals surface area (Å²) in [6, 6.07) is 5.44. The fraction of sp³-hybridized carbons (Fsp3) is 0.250. The van der Waals surface area contributed by atoms with Crippen LogP contribution in [0.2, 0.25) is 5.02 Å². The smallest absolute Gasteiger partial charge is 0.404 e. The lowest BCUT2D eigenvalue weighted by Crippen LogP contribution is -1.98. The van der Waals surface area contributed by atoms with Crippen LogP contribution in [0.15, 0.2) is 24.3 Å². The van der Waals surface area contributed by atoms with E-state index >= 15 is 0 Å². The third-order valence-corrected chi connectivity index (χ3v) is 4.46. The van der Waals surface area contributed by atoms with Crippen LogP contribution in [0.4, 0.5) is 0 Å². The van der Waals surface area contributed by atoms with Crippen LogP contribution in [-0.4, -0.2) is 16.4 Å². The fourth-order valence-electron chi connectivity index (χ4n) is 0.962. The Bertz CT molecular complexity index is 489. The summed E-state index contributed by atoms with van der Waals surface area (Å²) < 4.78 is 35.5. The van der Waals surface area contributed by atoms with Crippen molar-refractivity contribution in [1.29, 1.82) is 0 Å². The van der Waals surface area contributed by atoms with Crippen molar-refractivity contribution in [3.8, 4) is 5.75 Å². The van der Waals surface area contributed by atoms with Gasteiger partial charge in [-0.1, -0.05) is 11.6 Å². The molecule has 10 heteroatoms. The summed E-state index contributed by atoms with van der Waals surface area (Å²) >= 11 is 5.61. The van der Waals surface area contributed by atoms with E-state index < -0.39 is 15.6 Å². The van der Waals surface area contributed by atoms with E-state index in [-0.39, 0.29) is 12.4 Å². The quantitative estimate of drug-likeness (QED) is 0.778. The van der Waals surface area contributed by atoms with E-state index in [4.69, 9.17) is 16.5 Å². The second-order valence-corrected chi connectivity index (χ2v) is 6.39. The number of hydrogen-bond acceptors (Lipinski definition) is 5. The van der Waals surface area contributed by atoms with Gasteiger partial charge in [0.1, 0.15) is 5.75 Å². The van der Waals surface area contributed by atoms with E-state index in [0.29, 0.717) is 5.02 Å². The predicted molar refractivity (Wildman–Crippen MR) is 64.4 cm³/mol. The van der Waals surface area contributed by atoms with Gasteiger partial charge in [-0.05, 0) is 31.2 Å². The average molecular weight is 317 g/mol. The molecule has 0 bridgehead atoms. The van der Waals surface area contributed by atoms with Gasteiger partial charge in [0.05, 0.1) is 6.61 Å². The van der Waals surface area contributed by atoms with Crippen LogP contribution in [0.1, 0.15) is 6.92 Å². The van der Waals surface area contributed by atoms with Gasteiger partial charge in [-0.2, -0.15) is 4.31 Å². The van der Waals surface area contributed by atoms with Gasteiger partial charge in [0.2, 0.25) is 0 Å². The molecule has 7 nitrogen and oxygen atoms in total. The third-order valence-electron chi connectivity index (χ3n) is 1.53. The van der Waals surface area contributed by atoms with Crippen molar-refractivity contribution in [3.63, 3.8) is 0 Å². The molecular formula is C8H11ClO7P2. The van der Waals surface area contributed by atoms with E-state index in [9.17, 15) is 14.0 Å². The maximum absolute atomic E-state index is 11.4. The highest BCUT2D eigenvalue weighted by Gasteiger charge is 2.36. The van der Waals surface area contributed by atoms with Crippen LogP contribution in [0, 0.1) is 0 Å². The zero-order valence-electron chi connectivity index (χ0n) is 9.22. The molecule has 1 rings (SSSR count). The molecule has 0 saturated heterocycles. The second-order valence-electron chi connectivity index (χ2n) is 2.98. The second kappa shape index (κ2) is 6.17. The maximum atomic E-state index is 11.4. The summed E-state index contributed by atoms with van der Waals surface area (Å²) in [5.74, 6) is -0.0401. The first kappa shape index (κ1) is 15.7. The lowest BCUT2D eigenvalue weighted by molar-refractivity contribution is 0.187. The van der Waals surface area contributed by atoms with E-state index in [1.165, 1.54) is 31.2 Å². The van der Waals surface area contributed by atoms with Crippen LogP contribution in [0.3, 0.4) is 0 Å². The standard InChI is InChI=1S/C8H11ClO7P2/c1-2-14-17(10,11)16-18(12,13)15-8-5-3-7(9)4-6-8/h3-6H,2H2,1H3,(H,10,11)(H,12,13). The minimum atomic E-state index is -4.76. The Kier molecular flexibility index (Phi) is 5.37. The molecule has 0 radical (unpaired) electrons. The Morgan fingerprint density at radius 1 is 1.17 bits per heavy atom. The molecule has 0 amide bonds. The first-order chi connectivity index (χ1) is 8.24. The van der Waals surface area contributed by atoms with Gasteiger partial charge in [-0.3, -0.25) is 9.42 Å². The highest BCUT2D eigenvalue weighted by atomic mass is 35.5. The van der Waals surface area contributed by atoms with Crippen LogP contribution >= 0.6 is 27.2 Å². The molecular weight excluding hydrogens is 305 g/mol. The zero-order valence-corrected chi connectivity index (χ0v) is 11.8. The van der Waals surface area contributed by atoms with Gasteiger partial charge < -0.3 is 9.42 Å². The molecule has 18 heavy (non-hydrogen) atoms.